The van der Waals surface area contributed by atoms with E-state index in [2.05, 4.69) is 94.8 Å². The first-order chi connectivity index (χ1) is 17.2. The van der Waals surface area contributed by atoms with Crippen LogP contribution in [0.4, 0.5) is 5.69 Å². The van der Waals surface area contributed by atoms with Crippen molar-refractivity contribution in [3.05, 3.63) is 101 Å². The quantitative estimate of drug-likeness (QED) is 0.481. The van der Waals surface area contributed by atoms with E-state index >= 15 is 0 Å². The van der Waals surface area contributed by atoms with Crippen molar-refractivity contribution in [3.8, 4) is 6.07 Å². The molecule has 0 radical (unpaired) electrons. The number of benzene rings is 1. The van der Waals surface area contributed by atoms with Gasteiger partial charge in [0.25, 0.3) is 0 Å². The van der Waals surface area contributed by atoms with Crippen LogP contribution in [0.25, 0.3) is 0 Å². The molecule has 3 heteroatoms. The zero-order valence-corrected chi connectivity index (χ0v) is 20.7. The molecule has 5 atom stereocenters. The number of fused-ring (bicyclic) bond motifs is 2. The fourth-order valence-electron chi connectivity index (χ4n) is 6.90. The monoisotopic (exact) mass is 461 g/mol. The van der Waals surface area contributed by atoms with Crippen LogP contribution in [0.5, 0.6) is 0 Å². The van der Waals surface area contributed by atoms with Crippen molar-refractivity contribution in [2.75, 3.05) is 18.5 Å². The minimum atomic E-state index is 0.408. The van der Waals surface area contributed by atoms with E-state index in [-0.39, 0.29) is 0 Å². The molecule has 0 saturated heterocycles. The highest BCUT2D eigenvalue weighted by Crippen LogP contribution is 2.44. The fourth-order valence-corrected chi connectivity index (χ4v) is 6.90. The first kappa shape index (κ1) is 22.2. The summed E-state index contributed by atoms with van der Waals surface area (Å²) in [5.74, 6) is 1.42. The average molecular weight is 462 g/mol. The van der Waals surface area contributed by atoms with Gasteiger partial charge in [0.1, 0.15) is 11.8 Å². The largest absolute Gasteiger partial charge is 0.366 e. The summed E-state index contributed by atoms with van der Waals surface area (Å²) in [6.07, 6.45) is 28.1. The Morgan fingerprint density at radius 2 is 1.80 bits per heavy atom. The third kappa shape index (κ3) is 4.10. The van der Waals surface area contributed by atoms with Gasteiger partial charge in [0.2, 0.25) is 0 Å². The van der Waals surface area contributed by atoms with E-state index in [0.29, 0.717) is 29.8 Å². The number of nitrogens with zero attached hydrogens (tertiary/aromatic N) is 3. The van der Waals surface area contributed by atoms with Crippen LogP contribution >= 0.6 is 0 Å². The second-order valence-corrected chi connectivity index (χ2v) is 10.7. The van der Waals surface area contributed by atoms with Crippen molar-refractivity contribution in [2.24, 2.45) is 17.8 Å². The maximum absolute atomic E-state index is 9.48. The van der Waals surface area contributed by atoms with Gasteiger partial charge >= 0.3 is 0 Å². The summed E-state index contributed by atoms with van der Waals surface area (Å²) >= 11 is 0. The minimum Gasteiger partial charge on any atom is -0.366 e. The highest BCUT2D eigenvalue weighted by Gasteiger charge is 2.40. The maximum Gasteiger partial charge on any atom is 0.117 e. The zero-order valence-electron chi connectivity index (χ0n) is 20.7. The zero-order chi connectivity index (χ0) is 23.8. The van der Waals surface area contributed by atoms with Gasteiger partial charge in [-0.3, -0.25) is 0 Å². The number of hydrogen-bond donors (Lipinski definition) is 0. The van der Waals surface area contributed by atoms with Crippen molar-refractivity contribution in [2.45, 2.75) is 50.6 Å². The van der Waals surface area contributed by atoms with Crippen LogP contribution in [-0.2, 0) is 6.42 Å². The summed E-state index contributed by atoms with van der Waals surface area (Å²) in [5, 5.41) is 9.48. The van der Waals surface area contributed by atoms with Crippen LogP contribution in [0.1, 0.15) is 37.7 Å². The first-order valence-electron chi connectivity index (χ1n) is 13.3. The standard InChI is InChI=1S/C32H35N3/c1-34-19-18-25(21-28(34)22-33)23-14-16-24(17-15-23)29-10-4-7-13-32(29)35-30-11-5-2-8-26(30)20-27-9-3-6-12-31(27)35/h2-6,8-12,14,16,21,25-26,29-30,32H,7,13,15,17-20H2,1H3/t25-,26?,29?,30?,32?/m1/s1. The molecule has 0 fully saturated rings. The van der Waals surface area contributed by atoms with Gasteiger partial charge in [0.05, 0.1) is 6.04 Å². The molecule has 0 saturated carbocycles. The van der Waals surface area contributed by atoms with Gasteiger partial charge < -0.3 is 9.80 Å². The third-order valence-corrected chi connectivity index (χ3v) is 8.79. The Balaban J connectivity index is 1.31. The molecule has 0 bridgehead atoms. The highest BCUT2D eigenvalue weighted by molar-refractivity contribution is 5.60. The van der Waals surface area contributed by atoms with Gasteiger partial charge in [0, 0.05) is 43.1 Å². The van der Waals surface area contributed by atoms with E-state index in [1.165, 1.54) is 23.2 Å². The molecule has 0 N–H and O–H groups in total. The van der Waals surface area contributed by atoms with Crippen molar-refractivity contribution in [1.29, 1.82) is 5.26 Å². The molecular formula is C32H35N3. The summed E-state index contributed by atoms with van der Waals surface area (Å²) < 4.78 is 0. The molecule has 2 heterocycles. The molecule has 6 rings (SSSR count). The molecule has 5 aliphatic rings. The lowest BCUT2D eigenvalue weighted by atomic mass is 9.74. The van der Waals surface area contributed by atoms with Crippen LogP contribution in [0.15, 0.2) is 95.8 Å². The molecule has 4 unspecified atom stereocenters. The number of para-hydroxylation sites is 1. The topological polar surface area (TPSA) is 30.3 Å². The Hall–Kier alpha value is -3.25. The van der Waals surface area contributed by atoms with Gasteiger partial charge in [-0.1, -0.05) is 78.0 Å². The van der Waals surface area contributed by atoms with Crippen LogP contribution in [0.3, 0.4) is 0 Å². The summed E-state index contributed by atoms with van der Waals surface area (Å²) in [6, 6.07) is 12.4. The Labute approximate surface area is 210 Å². The molecular weight excluding hydrogens is 426 g/mol. The van der Waals surface area contributed by atoms with Crippen molar-refractivity contribution in [3.63, 3.8) is 0 Å². The number of anilines is 1. The van der Waals surface area contributed by atoms with Gasteiger partial charge in [0.15, 0.2) is 0 Å². The number of rotatable bonds is 3. The first-order valence-corrected chi connectivity index (χ1v) is 13.3. The Bertz CT molecular complexity index is 1200. The van der Waals surface area contributed by atoms with E-state index in [0.717, 1.165) is 44.3 Å². The molecule has 35 heavy (non-hydrogen) atoms. The summed E-state index contributed by atoms with van der Waals surface area (Å²) in [5.41, 5.74) is 6.81. The Morgan fingerprint density at radius 1 is 0.971 bits per heavy atom. The second kappa shape index (κ2) is 9.42. The van der Waals surface area contributed by atoms with E-state index in [1.54, 1.807) is 5.57 Å². The Morgan fingerprint density at radius 3 is 2.66 bits per heavy atom. The molecule has 1 aromatic carbocycles. The fraction of sp³-hybridized carbons (Fsp3) is 0.406. The van der Waals surface area contributed by atoms with Gasteiger partial charge in [-0.25, -0.2) is 0 Å². The molecule has 2 aliphatic heterocycles. The smallest absolute Gasteiger partial charge is 0.117 e. The van der Waals surface area contributed by atoms with Crippen LogP contribution < -0.4 is 4.90 Å². The number of hydrogen-bond acceptors (Lipinski definition) is 3. The lowest BCUT2D eigenvalue weighted by Gasteiger charge is -2.50. The molecule has 3 aliphatic carbocycles. The lowest BCUT2D eigenvalue weighted by Crippen LogP contribution is -2.53. The summed E-state index contributed by atoms with van der Waals surface area (Å²) in [6.45, 7) is 0.963. The van der Waals surface area contributed by atoms with Crippen LogP contribution in [0, 0.1) is 29.1 Å². The third-order valence-electron chi connectivity index (χ3n) is 8.79. The molecule has 0 spiro atoms. The van der Waals surface area contributed by atoms with E-state index in [4.69, 9.17) is 0 Å². The van der Waals surface area contributed by atoms with Crippen LogP contribution in [0.2, 0.25) is 0 Å². The average Bonchev–Trinajstić information content (AvgIpc) is 2.92. The van der Waals surface area contributed by atoms with Gasteiger partial charge in [-0.05, 0) is 56.2 Å². The number of allylic oxidation sites excluding steroid dienone is 8. The molecule has 1 aromatic rings. The number of nitriles is 1. The maximum atomic E-state index is 9.48. The van der Waals surface area contributed by atoms with E-state index < -0.39 is 0 Å². The van der Waals surface area contributed by atoms with Crippen molar-refractivity contribution >= 4 is 5.69 Å². The van der Waals surface area contributed by atoms with E-state index in [1.807, 2.05) is 7.05 Å². The summed E-state index contributed by atoms with van der Waals surface area (Å²) in [4.78, 5) is 4.85. The molecule has 178 valence electrons. The normalized spacial score (nSPS) is 31.7. The van der Waals surface area contributed by atoms with Gasteiger partial charge in [-0.2, -0.15) is 5.26 Å². The molecule has 3 nitrogen and oxygen atoms in total. The van der Waals surface area contributed by atoms with Crippen LogP contribution in [-0.4, -0.2) is 30.6 Å². The van der Waals surface area contributed by atoms with Gasteiger partial charge in [-0.15, -0.1) is 0 Å². The van der Waals surface area contributed by atoms with Crippen molar-refractivity contribution < 1.29 is 0 Å². The predicted molar refractivity (Wildman–Crippen MR) is 144 cm³/mol. The Kier molecular flexibility index (Phi) is 5.98. The molecule has 0 aromatic heterocycles. The minimum absolute atomic E-state index is 0.408. The SMILES string of the molecule is CN1CC[C@@H](C2=CC=C(C3C=CCCC3N3c4ccccc4CC4C=CC=CC43)CC2)C=C1C#N. The highest BCUT2D eigenvalue weighted by atomic mass is 15.2. The summed E-state index contributed by atoms with van der Waals surface area (Å²) in [7, 11) is 2.02. The predicted octanol–water partition coefficient (Wildman–Crippen LogP) is 6.50. The van der Waals surface area contributed by atoms with E-state index in [9.17, 15) is 5.26 Å². The second-order valence-electron chi connectivity index (χ2n) is 10.7. The molecule has 0 amide bonds. The van der Waals surface area contributed by atoms with Crippen molar-refractivity contribution in [1.82, 2.24) is 4.90 Å². The lowest BCUT2D eigenvalue weighted by molar-refractivity contribution is 0.369.